The summed E-state index contributed by atoms with van der Waals surface area (Å²) in [4.78, 5) is 24.8. The van der Waals surface area contributed by atoms with Crippen LogP contribution in [0.25, 0.3) is 0 Å². The molecule has 10 heteroatoms. The van der Waals surface area contributed by atoms with Crippen LogP contribution in [0.4, 0.5) is 5.13 Å². The summed E-state index contributed by atoms with van der Waals surface area (Å²) >= 11 is 10.5. The van der Waals surface area contributed by atoms with Gasteiger partial charge < -0.3 is 10.1 Å². The van der Waals surface area contributed by atoms with Gasteiger partial charge in [-0.1, -0.05) is 44.9 Å². The number of hydrogen-bond acceptors (Lipinski definition) is 6. The summed E-state index contributed by atoms with van der Waals surface area (Å²) < 4.78 is 6.61. The minimum atomic E-state index is -1.13. The van der Waals surface area contributed by atoms with Crippen molar-refractivity contribution in [2.75, 3.05) is 11.9 Å². The summed E-state index contributed by atoms with van der Waals surface area (Å²) in [5, 5.41) is 15.3. The number of carbonyl (C=O) groups excluding carboxylic acids is 2. The number of carbonyl (C=O) groups is 2. The first kappa shape index (κ1) is 23.2. The summed E-state index contributed by atoms with van der Waals surface area (Å²) in [5.74, 6) is 0.0113. The van der Waals surface area contributed by atoms with Gasteiger partial charge in [-0.3, -0.25) is 14.9 Å². The van der Waals surface area contributed by atoms with Crippen molar-refractivity contribution in [1.29, 1.82) is 0 Å². The monoisotopic (exact) mass is 522 g/mol. The minimum Gasteiger partial charge on any atom is -0.478 e. The lowest BCUT2D eigenvalue weighted by Gasteiger charge is -2.24. The van der Waals surface area contributed by atoms with Gasteiger partial charge in [0.15, 0.2) is 5.60 Å². The van der Waals surface area contributed by atoms with E-state index in [0.717, 1.165) is 4.47 Å². The average Bonchev–Trinajstić information content (AvgIpc) is 3.16. The van der Waals surface area contributed by atoms with E-state index in [2.05, 4.69) is 36.8 Å². The van der Waals surface area contributed by atoms with Crippen molar-refractivity contribution in [3.8, 4) is 5.75 Å². The molecule has 162 valence electrons. The van der Waals surface area contributed by atoms with E-state index in [1.807, 2.05) is 6.07 Å². The van der Waals surface area contributed by atoms with Crippen molar-refractivity contribution in [2.24, 2.45) is 0 Å². The number of aromatic nitrogens is 2. The third-order valence-electron chi connectivity index (χ3n) is 4.13. The van der Waals surface area contributed by atoms with Crippen LogP contribution < -0.4 is 15.4 Å². The maximum absolute atomic E-state index is 12.6. The molecule has 0 saturated heterocycles. The fourth-order valence-electron chi connectivity index (χ4n) is 2.51. The predicted molar refractivity (Wildman–Crippen MR) is 125 cm³/mol. The first-order valence-corrected chi connectivity index (χ1v) is 11.3. The van der Waals surface area contributed by atoms with Gasteiger partial charge in [0.25, 0.3) is 11.8 Å². The number of nitrogens with one attached hydrogen (secondary N) is 2. The molecule has 0 spiro atoms. The van der Waals surface area contributed by atoms with Crippen LogP contribution in [0.3, 0.4) is 0 Å². The van der Waals surface area contributed by atoms with Gasteiger partial charge in [0.2, 0.25) is 5.13 Å². The molecule has 2 N–H and O–H groups in total. The molecule has 7 nitrogen and oxygen atoms in total. The highest BCUT2D eigenvalue weighted by Crippen LogP contribution is 2.23. The topological polar surface area (TPSA) is 93.2 Å². The second kappa shape index (κ2) is 10.2. The van der Waals surface area contributed by atoms with Crippen LogP contribution in [-0.4, -0.2) is 34.2 Å². The lowest BCUT2D eigenvalue weighted by molar-refractivity contribution is -0.128. The van der Waals surface area contributed by atoms with Crippen LogP contribution in [0, 0.1) is 0 Å². The molecule has 0 aliphatic rings. The quantitative estimate of drug-likeness (QED) is 0.445. The fourth-order valence-corrected chi connectivity index (χ4v) is 3.77. The molecule has 0 fully saturated rings. The number of rotatable bonds is 8. The third kappa shape index (κ3) is 6.75. The Morgan fingerprint density at radius 1 is 1.16 bits per heavy atom. The molecular formula is C21H20BrClN4O3S. The Balaban J connectivity index is 1.50. The summed E-state index contributed by atoms with van der Waals surface area (Å²) in [6.45, 7) is 3.73. The Morgan fingerprint density at radius 2 is 1.90 bits per heavy atom. The first-order chi connectivity index (χ1) is 14.7. The van der Waals surface area contributed by atoms with Crippen LogP contribution in [-0.2, 0) is 11.2 Å². The molecule has 1 heterocycles. The lowest BCUT2D eigenvalue weighted by Crippen LogP contribution is -2.42. The largest absolute Gasteiger partial charge is 0.478 e. The standard InChI is InChI=1S/C21H20BrClN4O3S/c1-21(2,30-16-8-6-15(23)7-9-16)19(29)25-20-27-26-17(31-20)10-11-24-18(28)13-4-3-5-14(22)12-13/h3-9,12H,10-11H2,1-2H3,(H,24,28)(H,25,27,29). The number of hydrogen-bond donors (Lipinski definition) is 2. The van der Waals surface area contributed by atoms with Gasteiger partial charge in [-0.05, 0) is 56.3 Å². The second-order valence-electron chi connectivity index (χ2n) is 7.04. The van der Waals surface area contributed by atoms with Crippen LogP contribution in [0.5, 0.6) is 5.75 Å². The molecule has 0 atom stereocenters. The molecule has 0 bridgehead atoms. The third-order valence-corrected chi connectivity index (χ3v) is 5.78. The van der Waals surface area contributed by atoms with E-state index in [9.17, 15) is 9.59 Å². The molecule has 3 aromatic rings. The summed E-state index contributed by atoms with van der Waals surface area (Å²) in [5.41, 5.74) is -0.556. The molecule has 0 unspecified atom stereocenters. The molecule has 1 aromatic heterocycles. The van der Waals surface area contributed by atoms with E-state index in [4.69, 9.17) is 16.3 Å². The SMILES string of the molecule is CC(C)(Oc1ccc(Cl)cc1)C(=O)Nc1nnc(CCNC(=O)c2cccc(Br)c2)s1. The highest BCUT2D eigenvalue weighted by Gasteiger charge is 2.31. The molecule has 2 amide bonds. The van der Waals surface area contributed by atoms with Gasteiger partial charge in [-0.2, -0.15) is 0 Å². The van der Waals surface area contributed by atoms with Crippen molar-refractivity contribution in [3.63, 3.8) is 0 Å². The van der Waals surface area contributed by atoms with Gasteiger partial charge in [-0.25, -0.2) is 0 Å². The molecule has 3 rings (SSSR count). The maximum Gasteiger partial charge on any atom is 0.269 e. The second-order valence-corrected chi connectivity index (χ2v) is 9.45. The maximum atomic E-state index is 12.6. The zero-order valence-electron chi connectivity index (χ0n) is 16.8. The van der Waals surface area contributed by atoms with E-state index < -0.39 is 5.60 Å². The van der Waals surface area contributed by atoms with Crippen LogP contribution in [0.1, 0.15) is 29.2 Å². The van der Waals surface area contributed by atoms with Gasteiger partial charge in [0.05, 0.1) is 0 Å². The molecular weight excluding hydrogens is 504 g/mol. The van der Waals surface area contributed by atoms with Crippen LogP contribution in [0.2, 0.25) is 5.02 Å². The number of ether oxygens (including phenoxy) is 1. The van der Waals surface area contributed by atoms with Gasteiger partial charge in [0, 0.05) is 28.0 Å². The highest BCUT2D eigenvalue weighted by molar-refractivity contribution is 9.10. The Kier molecular flexibility index (Phi) is 7.64. The normalized spacial score (nSPS) is 11.1. The van der Waals surface area contributed by atoms with Crippen molar-refractivity contribution in [1.82, 2.24) is 15.5 Å². The van der Waals surface area contributed by atoms with Crippen molar-refractivity contribution < 1.29 is 14.3 Å². The fraction of sp³-hybridized carbons (Fsp3) is 0.238. The zero-order valence-corrected chi connectivity index (χ0v) is 20.0. The van der Waals surface area contributed by atoms with E-state index in [1.54, 1.807) is 56.3 Å². The Labute approximate surface area is 197 Å². The molecule has 0 aliphatic carbocycles. The van der Waals surface area contributed by atoms with E-state index in [-0.39, 0.29) is 11.8 Å². The van der Waals surface area contributed by atoms with Gasteiger partial charge >= 0.3 is 0 Å². The molecule has 2 aromatic carbocycles. The smallest absolute Gasteiger partial charge is 0.269 e. The Hall–Kier alpha value is -2.49. The zero-order chi connectivity index (χ0) is 22.4. The summed E-state index contributed by atoms with van der Waals surface area (Å²) in [6, 6.07) is 13.9. The van der Waals surface area contributed by atoms with Crippen molar-refractivity contribution in [3.05, 3.63) is 68.6 Å². The molecule has 0 saturated carbocycles. The first-order valence-electron chi connectivity index (χ1n) is 9.35. The van der Waals surface area contributed by atoms with Crippen LogP contribution >= 0.6 is 38.9 Å². The van der Waals surface area contributed by atoms with Crippen molar-refractivity contribution in [2.45, 2.75) is 25.9 Å². The highest BCUT2D eigenvalue weighted by atomic mass is 79.9. The van der Waals surface area contributed by atoms with Gasteiger partial charge in [0.1, 0.15) is 10.8 Å². The number of amides is 2. The van der Waals surface area contributed by atoms with Crippen LogP contribution in [0.15, 0.2) is 53.0 Å². The number of benzene rings is 2. The Bertz CT molecular complexity index is 1070. The molecule has 31 heavy (non-hydrogen) atoms. The molecule has 0 aliphatic heterocycles. The lowest BCUT2D eigenvalue weighted by atomic mass is 10.1. The van der Waals surface area contributed by atoms with E-state index in [0.29, 0.717) is 39.4 Å². The van der Waals surface area contributed by atoms with Crippen molar-refractivity contribution >= 4 is 55.8 Å². The number of halogens is 2. The minimum absolute atomic E-state index is 0.166. The summed E-state index contributed by atoms with van der Waals surface area (Å²) in [6.07, 6.45) is 0.498. The predicted octanol–water partition coefficient (Wildman–Crippen LogP) is 4.72. The number of anilines is 1. The molecule has 0 radical (unpaired) electrons. The van der Waals surface area contributed by atoms with E-state index in [1.165, 1.54) is 11.3 Å². The average molecular weight is 524 g/mol. The van der Waals surface area contributed by atoms with E-state index >= 15 is 0 Å². The number of nitrogens with zero attached hydrogens (tertiary/aromatic N) is 2. The summed E-state index contributed by atoms with van der Waals surface area (Å²) in [7, 11) is 0. The van der Waals surface area contributed by atoms with Gasteiger partial charge in [-0.15, -0.1) is 10.2 Å². The Morgan fingerprint density at radius 3 is 2.61 bits per heavy atom.